The lowest BCUT2D eigenvalue weighted by Gasteiger charge is -2.45. The van der Waals surface area contributed by atoms with Crippen molar-refractivity contribution in [2.75, 3.05) is 38.1 Å². The van der Waals surface area contributed by atoms with E-state index in [9.17, 15) is 0 Å². The average Bonchev–Trinajstić information content (AvgIpc) is 2.81. The lowest BCUT2D eigenvalue weighted by atomic mass is 10.0. The molecule has 2 rings (SSSR count). The summed E-state index contributed by atoms with van der Waals surface area (Å²) in [5.74, 6) is 0.687. The second-order valence-corrected chi connectivity index (χ2v) is 7.64. The van der Waals surface area contributed by atoms with Crippen LogP contribution in [0.3, 0.4) is 0 Å². The topological polar surface area (TPSA) is 31.4 Å². The predicted octanol–water partition coefficient (Wildman–Crippen LogP) is 2.42. The van der Waals surface area contributed by atoms with Crippen LogP contribution in [0.25, 0.3) is 0 Å². The molecular formula is C15H28N4S. The van der Waals surface area contributed by atoms with Crippen molar-refractivity contribution in [3.63, 3.8) is 0 Å². The molecule has 1 aromatic rings. The predicted molar refractivity (Wildman–Crippen MR) is 87.6 cm³/mol. The first-order valence-corrected chi connectivity index (χ1v) is 8.38. The van der Waals surface area contributed by atoms with Crippen LogP contribution in [0.1, 0.15) is 33.4 Å². The van der Waals surface area contributed by atoms with E-state index in [1.165, 1.54) is 10.8 Å². The molecule has 1 aromatic heterocycles. The van der Waals surface area contributed by atoms with E-state index in [2.05, 4.69) is 55.2 Å². The highest BCUT2D eigenvalue weighted by molar-refractivity contribution is 7.13. The molecule has 0 aromatic carbocycles. The number of hydrogen-bond donors (Lipinski definition) is 1. The van der Waals surface area contributed by atoms with Crippen LogP contribution in [-0.2, 0) is 6.54 Å². The molecule has 1 saturated heterocycles. The third-order valence-electron chi connectivity index (χ3n) is 3.99. The molecule has 20 heavy (non-hydrogen) atoms. The standard InChI is InChI=1S/C15H28N4S/c1-12(2)8-16-9-13-10-20-14(17-13)19-7-6-18(5)15(3,4)11-19/h10,12,16H,6-9,11H2,1-5H3. The lowest BCUT2D eigenvalue weighted by Crippen LogP contribution is -2.57. The monoisotopic (exact) mass is 296 g/mol. The van der Waals surface area contributed by atoms with Crippen molar-refractivity contribution in [2.45, 2.75) is 39.8 Å². The minimum atomic E-state index is 0.222. The van der Waals surface area contributed by atoms with E-state index in [0.717, 1.165) is 32.7 Å². The number of aromatic nitrogens is 1. The molecule has 0 aliphatic carbocycles. The van der Waals surface area contributed by atoms with Gasteiger partial charge in [-0.1, -0.05) is 13.8 Å². The fourth-order valence-corrected chi connectivity index (χ4v) is 3.27. The van der Waals surface area contributed by atoms with Crippen LogP contribution in [0.5, 0.6) is 0 Å². The summed E-state index contributed by atoms with van der Waals surface area (Å²) in [6.45, 7) is 14.2. The number of thiazole rings is 1. The van der Waals surface area contributed by atoms with Gasteiger partial charge in [-0.3, -0.25) is 4.90 Å². The number of anilines is 1. The Balaban J connectivity index is 1.92. The first-order chi connectivity index (χ1) is 9.38. The highest BCUT2D eigenvalue weighted by Gasteiger charge is 2.32. The van der Waals surface area contributed by atoms with Crippen LogP contribution < -0.4 is 10.2 Å². The molecular weight excluding hydrogens is 268 g/mol. The molecule has 5 heteroatoms. The van der Waals surface area contributed by atoms with E-state index >= 15 is 0 Å². The second kappa shape index (κ2) is 6.41. The molecule has 1 aliphatic rings. The maximum Gasteiger partial charge on any atom is 0.185 e. The molecule has 1 N–H and O–H groups in total. The van der Waals surface area contributed by atoms with Crippen LogP contribution in [0, 0.1) is 5.92 Å². The molecule has 0 bridgehead atoms. The molecule has 0 radical (unpaired) electrons. The molecule has 1 aliphatic heterocycles. The molecule has 1 fully saturated rings. The van der Waals surface area contributed by atoms with Gasteiger partial charge in [0.1, 0.15) is 0 Å². The van der Waals surface area contributed by atoms with Crippen molar-refractivity contribution in [1.29, 1.82) is 0 Å². The second-order valence-electron chi connectivity index (χ2n) is 6.80. The van der Waals surface area contributed by atoms with E-state index in [4.69, 9.17) is 4.98 Å². The summed E-state index contributed by atoms with van der Waals surface area (Å²) in [6, 6.07) is 0. The van der Waals surface area contributed by atoms with E-state index in [0.29, 0.717) is 5.92 Å². The van der Waals surface area contributed by atoms with Gasteiger partial charge in [0.2, 0.25) is 0 Å². The van der Waals surface area contributed by atoms with Crippen molar-refractivity contribution in [2.24, 2.45) is 5.92 Å². The summed E-state index contributed by atoms with van der Waals surface area (Å²) >= 11 is 1.77. The molecule has 0 amide bonds. The van der Waals surface area contributed by atoms with Crippen LogP contribution in [0.15, 0.2) is 5.38 Å². The minimum absolute atomic E-state index is 0.222. The van der Waals surface area contributed by atoms with E-state index in [1.54, 1.807) is 11.3 Å². The smallest absolute Gasteiger partial charge is 0.185 e. The Morgan fingerprint density at radius 1 is 1.40 bits per heavy atom. The van der Waals surface area contributed by atoms with Crippen molar-refractivity contribution in [1.82, 2.24) is 15.2 Å². The molecule has 0 spiro atoms. The van der Waals surface area contributed by atoms with Gasteiger partial charge in [-0.15, -0.1) is 11.3 Å². The fourth-order valence-electron chi connectivity index (χ4n) is 2.42. The molecule has 4 nitrogen and oxygen atoms in total. The van der Waals surface area contributed by atoms with Gasteiger partial charge >= 0.3 is 0 Å². The molecule has 114 valence electrons. The molecule has 0 unspecified atom stereocenters. The van der Waals surface area contributed by atoms with Crippen molar-refractivity contribution in [3.8, 4) is 0 Å². The summed E-state index contributed by atoms with van der Waals surface area (Å²) in [4.78, 5) is 9.64. The van der Waals surface area contributed by atoms with Crippen LogP contribution in [-0.4, -0.2) is 48.6 Å². The minimum Gasteiger partial charge on any atom is -0.345 e. The first kappa shape index (κ1) is 15.7. The number of piperazine rings is 1. The number of rotatable bonds is 5. The van der Waals surface area contributed by atoms with Crippen LogP contribution in [0.4, 0.5) is 5.13 Å². The quantitative estimate of drug-likeness (QED) is 0.904. The Bertz CT molecular complexity index is 427. The van der Waals surface area contributed by atoms with Gasteiger partial charge in [-0.05, 0) is 33.4 Å². The third-order valence-corrected chi connectivity index (χ3v) is 4.94. The Morgan fingerprint density at radius 3 is 2.80 bits per heavy atom. The van der Waals surface area contributed by atoms with Gasteiger partial charge in [-0.25, -0.2) is 4.98 Å². The van der Waals surface area contributed by atoms with Gasteiger partial charge in [0, 0.05) is 37.1 Å². The average molecular weight is 296 g/mol. The van der Waals surface area contributed by atoms with Gasteiger partial charge < -0.3 is 10.2 Å². The SMILES string of the molecule is CC(C)CNCc1csc(N2CCN(C)C(C)(C)C2)n1. The van der Waals surface area contributed by atoms with Gasteiger partial charge in [0.05, 0.1) is 5.69 Å². The van der Waals surface area contributed by atoms with Crippen molar-refractivity contribution < 1.29 is 0 Å². The Labute approximate surface area is 127 Å². The number of likely N-dealkylation sites (N-methyl/N-ethyl adjacent to an activating group) is 1. The Hall–Kier alpha value is -0.650. The lowest BCUT2D eigenvalue weighted by molar-refractivity contribution is 0.139. The Kier molecular flexibility index (Phi) is 5.04. The summed E-state index contributed by atoms with van der Waals surface area (Å²) < 4.78 is 0. The fraction of sp³-hybridized carbons (Fsp3) is 0.800. The maximum absolute atomic E-state index is 4.78. The summed E-state index contributed by atoms with van der Waals surface area (Å²) in [5, 5.41) is 6.82. The zero-order valence-corrected chi connectivity index (χ0v) is 14.3. The molecule has 2 heterocycles. The van der Waals surface area contributed by atoms with Crippen LogP contribution >= 0.6 is 11.3 Å². The van der Waals surface area contributed by atoms with Crippen LogP contribution in [0.2, 0.25) is 0 Å². The van der Waals surface area contributed by atoms with Crippen molar-refractivity contribution >= 4 is 16.5 Å². The third kappa shape index (κ3) is 3.93. The van der Waals surface area contributed by atoms with E-state index in [1.807, 2.05) is 0 Å². The summed E-state index contributed by atoms with van der Waals surface area (Å²) in [6.07, 6.45) is 0. The largest absolute Gasteiger partial charge is 0.345 e. The van der Waals surface area contributed by atoms with Gasteiger partial charge in [0.25, 0.3) is 0 Å². The van der Waals surface area contributed by atoms with E-state index < -0.39 is 0 Å². The molecule has 0 atom stereocenters. The van der Waals surface area contributed by atoms with Gasteiger partial charge in [-0.2, -0.15) is 0 Å². The highest BCUT2D eigenvalue weighted by Crippen LogP contribution is 2.27. The number of nitrogens with zero attached hydrogens (tertiary/aromatic N) is 3. The van der Waals surface area contributed by atoms with Gasteiger partial charge in [0.15, 0.2) is 5.13 Å². The Morgan fingerprint density at radius 2 is 2.15 bits per heavy atom. The number of hydrogen-bond acceptors (Lipinski definition) is 5. The zero-order valence-electron chi connectivity index (χ0n) is 13.4. The maximum atomic E-state index is 4.78. The molecule has 0 saturated carbocycles. The normalized spacial score (nSPS) is 19.8. The summed E-state index contributed by atoms with van der Waals surface area (Å²) in [7, 11) is 2.21. The number of nitrogens with one attached hydrogen (secondary N) is 1. The zero-order chi connectivity index (χ0) is 14.8. The first-order valence-electron chi connectivity index (χ1n) is 7.50. The summed E-state index contributed by atoms with van der Waals surface area (Å²) in [5.41, 5.74) is 1.39. The highest BCUT2D eigenvalue weighted by atomic mass is 32.1. The van der Waals surface area contributed by atoms with E-state index in [-0.39, 0.29) is 5.54 Å². The van der Waals surface area contributed by atoms with Crippen molar-refractivity contribution in [3.05, 3.63) is 11.1 Å².